The molecule has 0 bridgehead atoms. The minimum atomic E-state index is -0.832. The number of carboxylic acids is 1. The third-order valence-electron chi connectivity index (χ3n) is 2.18. The van der Waals surface area contributed by atoms with Crippen LogP contribution < -0.4 is 5.48 Å². The molecular weight excluding hydrogens is 146 g/mol. The number of nitrogens with one attached hydrogen (secondary N) is 1. The van der Waals surface area contributed by atoms with Crippen molar-refractivity contribution in [1.29, 1.82) is 0 Å². The second-order valence-electron chi connectivity index (χ2n) is 2.84. The largest absolute Gasteiger partial charge is 0.480 e. The van der Waals surface area contributed by atoms with Crippen LogP contribution in [0.2, 0.25) is 0 Å². The van der Waals surface area contributed by atoms with E-state index in [1.807, 2.05) is 12.2 Å². The molecule has 1 heterocycles. The summed E-state index contributed by atoms with van der Waals surface area (Å²) in [5.74, 6) is -0.742. The summed E-state index contributed by atoms with van der Waals surface area (Å²) in [6.07, 6.45) is 4.64. The molecule has 1 saturated heterocycles. The molecule has 1 fully saturated rings. The number of carbonyl (C=O) groups is 1. The molecule has 60 valence electrons. The van der Waals surface area contributed by atoms with Gasteiger partial charge in [-0.25, -0.2) is 0 Å². The number of hydroxylamine groups is 1. The van der Waals surface area contributed by atoms with Crippen molar-refractivity contribution in [1.82, 2.24) is 5.48 Å². The Kier molecular flexibility index (Phi) is 1.44. The summed E-state index contributed by atoms with van der Waals surface area (Å²) < 4.78 is 0. The highest BCUT2D eigenvalue weighted by atomic mass is 16.7. The first kappa shape index (κ1) is 6.82. The van der Waals surface area contributed by atoms with Crippen LogP contribution in [-0.2, 0) is 9.63 Å². The van der Waals surface area contributed by atoms with Crippen molar-refractivity contribution in [3.8, 4) is 0 Å². The molecule has 0 unspecified atom stereocenters. The molecule has 4 nitrogen and oxygen atoms in total. The lowest BCUT2D eigenvalue weighted by Gasteiger charge is -2.09. The standard InChI is InChI=1S/C7H9NO3/c9-7(10)6-4-2-1-3-5(4)11-8-6/h1,3-6,8H,2H2,(H,9,10)/t4-,5+,6-/m1/s1. The van der Waals surface area contributed by atoms with Crippen LogP contribution in [0.3, 0.4) is 0 Å². The van der Waals surface area contributed by atoms with E-state index in [4.69, 9.17) is 9.94 Å². The molecule has 0 radical (unpaired) electrons. The third kappa shape index (κ3) is 0.948. The summed E-state index contributed by atoms with van der Waals surface area (Å²) in [5.41, 5.74) is 2.51. The Morgan fingerprint density at radius 1 is 1.73 bits per heavy atom. The van der Waals surface area contributed by atoms with Crippen LogP contribution >= 0.6 is 0 Å². The van der Waals surface area contributed by atoms with Crippen LogP contribution in [0.15, 0.2) is 12.2 Å². The Labute approximate surface area is 63.8 Å². The topological polar surface area (TPSA) is 58.6 Å². The zero-order chi connectivity index (χ0) is 7.84. The molecule has 2 N–H and O–H groups in total. The molecule has 0 aromatic heterocycles. The Morgan fingerprint density at radius 2 is 2.55 bits per heavy atom. The van der Waals surface area contributed by atoms with Gasteiger partial charge in [0, 0.05) is 5.92 Å². The van der Waals surface area contributed by atoms with Crippen molar-refractivity contribution in [2.24, 2.45) is 5.92 Å². The number of rotatable bonds is 1. The van der Waals surface area contributed by atoms with E-state index in [1.165, 1.54) is 0 Å². The fraction of sp³-hybridized carbons (Fsp3) is 0.571. The number of fused-ring (bicyclic) bond motifs is 1. The quantitative estimate of drug-likeness (QED) is 0.520. The van der Waals surface area contributed by atoms with Crippen molar-refractivity contribution >= 4 is 5.97 Å². The highest BCUT2D eigenvalue weighted by molar-refractivity contribution is 5.74. The maximum absolute atomic E-state index is 10.6. The average molecular weight is 155 g/mol. The summed E-state index contributed by atoms with van der Waals surface area (Å²) in [6.45, 7) is 0. The van der Waals surface area contributed by atoms with Gasteiger partial charge in [-0.1, -0.05) is 12.2 Å². The smallest absolute Gasteiger partial charge is 0.323 e. The van der Waals surface area contributed by atoms with Gasteiger partial charge in [-0.15, -0.1) is 0 Å². The Hall–Kier alpha value is -0.870. The monoisotopic (exact) mass is 155 g/mol. The van der Waals surface area contributed by atoms with Gasteiger partial charge in [-0.05, 0) is 6.42 Å². The zero-order valence-corrected chi connectivity index (χ0v) is 5.86. The van der Waals surface area contributed by atoms with Crippen LogP contribution in [0.1, 0.15) is 6.42 Å². The zero-order valence-electron chi connectivity index (χ0n) is 5.86. The van der Waals surface area contributed by atoms with Crippen molar-refractivity contribution in [2.75, 3.05) is 0 Å². The van der Waals surface area contributed by atoms with Crippen molar-refractivity contribution in [3.05, 3.63) is 12.2 Å². The van der Waals surface area contributed by atoms with E-state index in [2.05, 4.69) is 5.48 Å². The fourth-order valence-corrected chi connectivity index (χ4v) is 1.57. The molecule has 2 rings (SSSR count). The van der Waals surface area contributed by atoms with Gasteiger partial charge in [0.2, 0.25) is 0 Å². The summed E-state index contributed by atoms with van der Waals surface area (Å²) in [5, 5.41) is 8.69. The number of allylic oxidation sites excluding steroid dienone is 1. The van der Waals surface area contributed by atoms with E-state index >= 15 is 0 Å². The van der Waals surface area contributed by atoms with Crippen LogP contribution in [0.5, 0.6) is 0 Å². The first-order valence-electron chi connectivity index (χ1n) is 3.59. The third-order valence-corrected chi connectivity index (χ3v) is 2.18. The molecule has 2 aliphatic rings. The average Bonchev–Trinajstić information content (AvgIpc) is 2.41. The highest BCUT2D eigenvalue weighted by Crippen LogP contribution is 2.29. The van der Waals surface area contributed by atoms with Crippen LogP contribution in [-0.4, -0.2) is 23.2 Å². The number of hydrogen-bond donors (Lipinski definition) is 2. The minimum Gasteiger partial charge on any atom is -0.480 e. The molecule has 0 aromatic rings. The van der Waals surface area contributed by atoms with E-state index in [-0.39, 0.29) is 12.0 Å². The van der Waals surface area contributed by atoms with Gasteiger partial charge in [0.1, 0.15) is 12.1 Å². The van der Waals surface area contributed by atoms with Crippen LogP contribution in [0, 0.1) is 5.92 Å². The second kappa shape index (κ2) is 2.32. The summed E-state index contributed by atoms with van der Waals surface area (Å²) >= 11 is 0. The molecule has 1 aliphatic carbocycles. The highest BCUT2D eigenvalue weighted by Gasteiger charge is 2.41. The van der Waals surface area contributed by atoms with Gasteiger partial charge in [-0.2, -0.15) is 5.48 Å². The van der Waals surface area contributed by atoms with Gasteiger partial charge < -0.3 is 5.11 Å². The summed E-state index contributed by atoms with van der Waals surface area (Å²) in [6, 6.07) is -0.532. The lowest BCUT2D eigenvalue weighted by Crippen LogP contribution is -2.35. The predicted octanol–water partition coefficient (Wildman–Crippen LogP) is -0.0809. The number of aliphatic carboxylic acids is 1. The second-order valence-corrected chi connectivity index (χ2v) is 2.84. The molecule has 0 spiro atoms. The summed E-state index contributed by atoms with van der Waals surface area (Å²) in [4.78, 5) is 15.6. The molecule has 4 heteroatoms. The fourth-order valence-electron chi connectivity index (χ4n) is 1.57. The van der Waals surface area contributed by atoms with Gasteiger partial charge in [0.05, 0.1) is 0 Å². The summed E-state index contributed by atoms with van der Waals surface area (Å²) in [7, 11) is 0. The van der Waals surface area contributed by atoms with Gasteiger partial charge in [-0.3, -0.25) is 9.63 Å². The SMILES string of the molecule is O=C(O)[C@@H]1NO[C@H]2C=CC[C@H]21. The van der Waals surface area contributed by atoms with E-state index in [0.717, 1.165) is 6.42 Å². The molecule has 11 heavy (non-hydrogen) atoms. The van der Waals surface area contributed by atoms with Crippen molar-refractivity contribution < 1.29 is 14.7 Å². The first-order chi connectivity index (χ1) is 5.29. The van der Waals surface area contributed by atoms with Gasteiger partial charge in [0.15, 0.2) is 0 Å². The normalized spacial score (nSPS) is 40.9. The lowest BCUT2D eigenvalue weighted by molar-refractivity contribution is -0.141. The van der Waals surface area contributed by atoms with E-state index < -0.39 is 12.0 Å². The van der Waals surface area contributed by atoms with E-state index in [9.17, 15) is 4.79 Å². The first-order valence-corrected chi connectivity index (χ1v) is 3.59. The molecular formula is C7H9NO3. The number of hydrogen-bond acceptors (Lipinski definition) is 3. The maximum atomic E-state index is 10.6. The number of carboxylic acid groups (broad SMARTS) is 1. The molecule has 1 aliphatic heterocycles. The van der Waals surface area contributed by atoms with Crippen molar-refractivity contribution in [3.63, 3.8) is 0 Å². The van der Waals surface area contributed by atoms with Crippen LogP contribution in [0.25, 0.3) is 0 Å². The maximum Gasteiger partial charge on any atom is 0.323 e. The van der Waals surface area contributed by atoms with Gasteiger partial charge >= 0.3 is 5.97 Å². The van der Waals surface area contributed by atoms with Crippen LogP contribution in [0.4, 0.5) is 0 Å². The Bertz CT molecular complexity index is 214. The Morgan fingerprint density at radius 3 is 3.27 bits per heavy atom. The van der Waals surface area contributed by atoms with Gasteiger partial charge in [0.25, 0.3) is 0 Å². The minimum absolute atomic E-state index is 0.0314. The lowest BCUT2D eigenvalue weighted by atomic mass is 9.97. The molecule has 0 amide bonds. The Balaban J connectivity index is 2.12. The molecule has 3 atom stereocenters. The van der Waals surface area contributed by atoms with Crippen molar-refractivity contribution in [2.45, 2.75) is 18.6 Å². The van der Waals surface area contributed by atoms with E-state index in [0.29, 0.717) is 0 Å². The van der Waals surface area contributed by atoms with E-state index in [1.54, 1.807) is 0 Å². The molecule has 0 saturated carbocycles. The molecule has 0 aromatic carbocycles. The predicted molar refractivity (Wildman–Crippen MR) is 36.7 cm³/mol.